The molecule has 2 nitrogen and oxygen atoms in total. The molecule has 1 fully saturated rings. The van der Waals surface area contributed by atoms with E-state index in [1.807, 2.05) is 0 Å². The van der Waals surface area contributed by atoms with Crippen LogP contribution in [0.4, 0.5) is 0 Å². The monoisotopic (exact) mass is 227 g/mol. The minimum absolute atomic E-state index is 0.481. The molecule has 1 aliphatic heterocycles. The van der Waals surface area contributed by atoms with Crippen molar-refractivity contribution in [2.75, 3.05) is 19.7 Å². The van der Waals surface area contributed by atoms with Crippen LogP contribution in [0, 0.1) is 5.41 Å². The molecule has 1 saturated heterocycles. The first-order valence-electron chi connectivity index (χ1n) is 7.02. The first-order chi connectivity index (χ1) is 7.70. The molecule has 1 aliphatic rings. The summed E-state index contributed by atoms with van der Waals surface area (Å²) in [6.07, 6.45) is 8.31. The van der Waals surface area contributed by atoms with Crippen molar-refractivity contribution in [3.63, 3.8) is 0 Å². The van der Waals surface area contributed by atoms with Gasteiger partial charge in [0, 0.05) is 13.2 Å². The zero-order valence-corrected chi connectivity index (χ0v) is 11.3. The fourth-order valence-corrected chi connectivity index (χ4v) is 2.45. The minimum atomic E-state index is 0.481. The molecule has 0 aliphatic carbocycles. The number of ether oxygens (including phenoxy) is 1. The maximum Gasteiger partial charge on any atom is 0.0576 e. The summed E-state index contributed by atoms with van der Waals surface area (Å²) < 4.78 is 5.67. The molecular formula is C14H29NO. The van der Waals surface area contributed by atoms with Crippen LogP contribution in [0.2, 0.25) is 0 Å². The lowest BCUT2D eigenvalue weighted by atomic mass is 9.82. The van der Waals surface area contributed by atoms with Crippen LogP contribution in [0.1, 0.15) is 59.3 Å². The fraction of sp³-hybridized carbons (Fsp3) is 1.00. The third-order valence-corrected chi connectivity index (χ3v) is 3.99. The molecule has 0 aromatic carbocycles. The molecule has 0 saturated carbocycles. The van der Waals surface area contributed by atoms with Gasteiger partial charge in [-0.05, 0) is 44.1 Å². The van der Waals surface area contributed by atoms with Crippen molar-refractivity contribution in [2.45, 2.75) is 65.4 Å². The van der Waals surface area contributed by atoms with E-state index < -0.39 is 0 Å². The Labute approximate surface area is 101 Å². The van der Waals surface area contributed by atoms with Gasteiger partial charge >= 0.3 is 0 Å². The third-order valence-electron chi connectivity index (χ3n) is 3.99. The molecule has 2 atom stereocenters. The minimum Gasteiger partial charge on any atom is -0.378 e. The third kappa shape index (κ3) is 4.84. The molecule has 2 heteroatoms. The van der Waals surface area contributed by atoms with Crippen molar-refractivity contribution in [2.24, 2.45) is 5.41 Å². The van der Waals surface area contributed by atoms with E-state index in [0.29, 0.717) is 11.5 Å². The van der Waals surface area contributed by atoms with Gasteiger partial charge in [0.1, 0.15) is 0 Å². The predicted octanol–water partition coefficient (Wildman–Crippen LogP) is 3.36. The summed E-state index contributed by atoms with van der Waals surface area (Å²) in [5.74, 6) is 0. The van der Waals surface area contributed by atoms with Gasteiger partial charge in [0.15, 0.2) is 0 Å². The standard InChI is InChI=1S/C14H29NO/c1-4-14(3,12-15-5-2)10-6-8-13-9-7-11-16-13/h13,15H,4-12H2,1-3H3. The van der Waals surface area contributed by atoms with Crippen LogP contribution in [0.25, 0.3) is 0 Å². The van der Waals surface area contributed by atoms with Crippen molar-refractivity contribution in [1.29, 1.82) is 0 Å². The Bertz CT molecular complexity index is 178. The number of nitrogens with one attached hydrogen (secondary N) is 1. The summed E-state index contributed by atoms with van der Waals surface area (Å²) in [5.41, 5.74) is 0.481. The quantitative estimate of drug-likeness (QED) is 0.686. The van der Waals surface area contributed by atoms with Gasteiger partial charge in [0.25, 0.3) is 0 Å². The predicted molar refractivity (Wildman–Crippen MR) is 69.8 cm³/mol. The molecule has 0 aromatic rings. The van der Waals surface area contributed by atoms with Crippen LogP contribution < -0.4 is 5.32 Å². The highest BCUT2D eigenvalue weighted by atomic mass is 16.5. The first kappa shape index (κ1) is 14.0. The zero-order valence-electron chi connectivity index (χ0n) is 11.3. The van der Waals surface area contributed by atoms with Gasteiger partial charge in [0.2, 0.25) is 0 Å². The number of rotatable bonds is 8. The Hall–Kier alpha value is -0.0800. The molecule has 0 bridgehead atoms. The average Bonchev–Trinajstić information content (AvgIpc) is 2.79. The highest BCUT2D eigenvalue weighted by Crippen LogP contribution is 2.29. The van der Waals surface area contributed by atoms with E-state index in [1.165, 1.54) is 38.5 Å². The Morgan fingerprint density at radius 2 is 2.19 bits per heavy atom. The largest absolute Gasteiger partial charge is 0.378 e. The Balaban J connectivity index is 2.16. The summed E-state index contributed by atoms with van der Waals surface area (Å²) in [4.78, 5) is 0. The molecule has 0 spiro atoms. The highest BCUT2D eigenvalue weighted by molar-refractivity contribution is 4.76. The molecule has 1 N–H and O–H groups in total. The topological polar surface area (TPSA) is 21.3 Å². The normalized spacial score (nSPS) is 24.6. The van der Waals surface area contributed by atoms with Crippen LogP contribution in [-0.2, 0) is 4.74 Å². The second kappa shape index (κ2) is 7.29. The van der Waals surface area contributed by atoms with Crippen molar-refractivity contribution in [3.8, 4) is 0 Å². The first-order valence-corrected chi connectivity index (χ1v) is 7.02. The van der Waals surface area contributed by atoms with E-state index >= 15 is 0 Å². The van der Waals surface area contributed by atoms with Crippen molar-refractivity contribution < 1.29 is 4.74 Å². The van der Waals surface area contributed by atoms with Gasteiger partial charge < -0.3 is 10.1 Å². The van der Waals surface area contributed by atoms with E-state index in [4.69, 9.17) is 4.74 Å². The van der Waals surface area contributed by atoms with Gasteiger partial charge in [0.05, 0.1) is 6.10 Å². The van der Waals surface area contributed by atoms with Gasteiger partial charge in [-0.2, -0.15) is 0 Å². The van der Waals surface area contributed by atoms with Crippen LogP contribution in [0.3, 0.4) is 0 Å². The van der Waals surface area contributed by atoms with Crippen molar-refractivity contribution in [3.05, 3.63) is 0 Å². The number of hydrogen-bond donors (Lipinski definition) is 1. The Morgan fingerprint density at radius 1 is 1.38 bits per heavy atom. The summed E-state index contributed by atoms with van der Waals surface area (Å²) in [5, 5.41) is 3.49. The average molecular weight is 227 g/mol. The van der Waals surface area contributed by atoms with E-state index in [9.17, 15) is 0 Å². The smallest absolute Gasteiger partial charge is 0.0576 e. The SMILES string of the molecule is CCNCC(C)(CC)CCCC1CCCO1. The molecular weight excluding hydrogens is 198 g/mol. The Morgan fingerprint density at radius 3 is 2.75 bits per heavy atom. The second-order valence-electron chi connectivity index (χ2n) is 5.47. The maximum absolute atomic E-state index is 5.67. The van der Waals surface area contributed by atoms with Crippen molar-refractivity contribution >= 4 is 0 Å². The lowest BCUT2D eigenvalue weighted by Crippen LogP contribution is -2.31. The van der Waals surface area contributed by atoms with Gasteiger partial charge in [-0.25, -0.2) is 0 Å². The molecule has 96 valence electrons. The van der Waals surface area contributed by atoms with Crippen molar-refractivity contribution in [1.82, 2.24) is 5.32 Å². The molecule has 16 heavy (non-hydrogen) atoms. The summed E-state index contributed by atoms with van der Waals surface area (Å²) in [6, 6.07) is 0. The summed E-state index contributed by atoms with van der Waals surface area (Å²) in [6.45, 7) is 10.1. The lowest BCUT2D eigenvalue weighted by molar-refractivity contribution is 0.0976. The van der Waals surface area contributed by atoms with Crippen LogP contribution >= 0.6 is 0 Å². The molecule has 0 aromatic heterocycles. The zero-order chi connectivity index (χ0) is 11.9. The molecule has 1 heterocycles. The molecule has 0 amide bonds. The van der Waals surface area contributed by atoms with Gasteiger partial charge in [-0.1, -0.05) is 27.2 Å². The molecule has 1 rings (SSSR count). The second-order valence-corrected chi connectivity index (χ2v) is 5.47. The maximum atomic E-state index is 5.67. The van der Waals surface area contributed by atoms with Crippen LogP contribution in [0.15, 0.2) is 0 Å². The van der Waals surface area contributed by atoms with E-state index in [1.54, 1.807) is 0 Å². The molecule has 0 radical (unpaired) electrons. The van der Waals surface area contributed by atoms with Gasteiger partial charge in [-0.15, -0.1) is 0 Å². The summed E-state index contributed by atoms with van der Waals surface area (Å²) >= 11 is 0. The van der Waals surface area contributed by atoms with E-state index in [0.717, 1.165) is 19.7 Å². The fourth-order valence-electron chi connectivity index (χ4n) is 2.45. The molecule has 2 unspecified atom stereocenters. The van der Waals surface area contributed by atoms with E-state index in [-0.39, 0.29) is 0 Å². The van der Waals surface area contributed by atoms with E-state index in [2.05, 4.69) is 26.1 Å². The van der Waals surface area contributed by atoms with Gasteiger partial charge in [-0.3, -0.25) is 0 Å². The highest BCUT2D eigenvalue weighted by Gasteiger charge is 2.22. The number of hydrogen-bond acceptors (Lipinski definition) is 2. The lowest BCUT2D eigenvalue weighted by Gasteiger charge is -2.29. The van der Waals surface area contributed by atoms with Crippen LogP contribution in [0.5, 0.6) is 0 Å². The Kier molecular flexibility index (Phi) is 6.37. The van der Waals surface area contributed by atoms with Crippen LogP contribution in [-0.4, -0.2) is 25.8 Å². The summed E-state index contributed by atoms with van der Waals surface area (Å²) in [7, 11) is 0.